The van der Waals surface area contributed by atoms with E-state index >= 15 is 0 Å². The molecule has 3 N–H and O–H groups in total. The van der Waals surface area contributed by atoms with Crippen molar-refractivity contribution < 1.29 is 28.6 Å². The zero-order valence-corrected chi connectivity index (χ0v) is 20.4. The molecular formula is C26H31N3O6. The summed E-state index contributed by atoms with van der Waals surface area (Å²) in [5, 5.41) is 3.73. The summed E-state index contributed by atoms with van der Waals surface area (Å²) < 4.78 is 17.1. The third-order valence-electron chi connectivity index (χ3n) is 5.00. The summed E-state index contributed by atoms with van der Waals surface area (Å²) in [6, 6.07) is 12.4. The van der Waals surface area contributed by atoms with Crippen LogP contribution in [0.3, 0.4) is 0 Å². The molecule has 0 aliphatic carbocycles. The highest BCUT2D eigenvalue weighted by molar-refractivity contribution is 5.96. The predicted octanol–water partition coefficient (Wildman–Crippen LogP) is 3.93. The number of hydrogen-bond donors (Lipinski definition) is 2. The first-order chi connectivity index (χ1) is 16.8. The van der Waals surface area contributed by atoms with E-state index in [4.69, 9.17) is 29.5 Å². The Morgan fingerprint density at radius 1 is 1.11 bits per heavy atom. The second-order valence-electron chi connectivity index (χ2n) is 7.84. The minimum Gasteiger partial charge on any atom is -0.493 e. The van der Waals surface area contributed by atoms with E-state index in [9.17, 15) is 4.79 Å². The first kappa shape index (κ1) is 27.1. The molecule has 9 heteroatoms. The number of aryl methyl sites for hydroxylation is 1. The molecule has 0 radical (unpaired) electrons. The minimum atomic E-state index is -0.233. The number of carbonyl (C=O) groups excluding carboxylic acids is 3. The summed E-state index contributed by atoms with van der Waals surface area (Å²) in [6.07, 6.45) is 2.26. The van der Waals surface area contributed by atoms with E-state index in [1.165, 1.54) is 0 Å². The number of amides is 1. The molecule has 1 heterocycles. The van der Waals surface area contributed by atoms with Gasteiger partial charge in [-0.15, -0.1) is 0 Å². The van der Waals surface area contributed by atoms with Gasteiger partial charge in [-0.05, 0) is 56.7 Å². The molecule has 0 aliphatic heterocycles. The Kier molecular flexibility index (Phi) is 10.5. The standard InChI is InChI=1S/C25H31N3O4.CO2/c1-5-6-12-31-21-11-10-18(14-23(21)30-4)25(29)28-17(3)15-32-22-9-7-8-20-24(22)19(26)13-16(2)27-20;2-1-3/h7-11,13-14,17H,5-6,12,15H2,1-4H3,(H2,26,27)(H,28,29);. The molecule has 0 aliphatic rings. The third-order valence-corrected chi connectivity index (χ3v) is 5.00. The van der Waals surface area contributed by atoms with Crippen LogP contribution < -0.4 is 25.3 Å². The minimum absolute atomic E-state index is 0.214. The van der Waals surface area contributed by atoms with Crippen LogP contribution in [0.4, 0.5) is 5.69 Å². The van der Waals surface area contributed by atoms with Crippen LogP contribution in [0.1, 0.15) is 42.7 Å². The number of methoxy groups -OCH3 is 1. The van der Waals surface area contributed by atoms with Gasteiger partial charge in [0.2, 0.25) is 0 Å². The molecule has 0 spiro atoms. The molecule has 3 aromatic rings. The summed E-state index contributed by atoms with van der Waals surface area (Å²) >= 11 is 0. The van der Waals surface area contributed by atoms with Crippen LogP contribution in [0.5, 0.6) is 17.2 Å². The number of nitrogens with two attached hydrogens (primary N) is 1. The van der Waals surface area contributed by atoms with Crippen LogP contribution >= 0.6 is 0 Å². The maximum atomic E-state index is 12.7. The lowest BCUT2D eigenvalue weighted by molar-refractivity contribution is -0.191. The third kappa shape index (κ3) is 7.72. The van der Waals surface area contributed by atoms with Gasteiger partial charge in [-0.3, -0.25) is 9.78 Å². The topological polar surface area (TPSA) is 130 Å². The van der Waals surface area contributed by atoms with Crippen molar-refractivity contribution in [1.82, 2.24) is 10.3 Å². The summed E-state index contributed by atoms with van der Waals surface area (Å²) in [5.41, 5.74) is 8.93. The fourth-order valence-electron chi connectivity index (χ4n) is 3.36. The number of ether oxygens (including phenoxy) is 3. The molecule has 0 bridgehead atoms. The van der Waals surface area contributed by atoms with Gasteiger partial charge in [-0.1, -0.05) is 19.4 Å². The van der Waals surface area contributed by atoms with E-state index in [1.807, 2.05) is 38.1 Å². The van der Waals surface area contributed by atoms with Gasteiger partial charge < -0.3 is 25.3 Å². The molecule has 3 rings (SSSR count). The Bertz CT molecular complexity index is 1180. The molecule has 35 heavy (non-hydrogen) atoms. The molecule has 2 aromatic carbocycles. The second kappa shape index (κ2) is 13.6. The largest absolute Gasteiger partial charge is 0.493 e. The first-order valence-corrected chi connectivity index (χ1v) is 11.2. The molecule has 1 aromatic heterocycles. The number of nitrogens with one attached hydrogen (secondary N) is 1. The van der Waals surface area contributed by atoms with Gasteiger partial charge in [0.25, 0.3) is 5.91 Å². The lowest BCUT2D eigenvalue weighted by Gasteiger charge is -2.17. The van der Waals surface area contributed by atoms with Crippen molar-refractivity contribution in [2.45, 2.75) is 39.7 Å². The monoisotopic (exact) mass is 481 g/mol. The lowest BCUT2D eigenvalue weighted by Crippen LogP contribution is -2.36. The van der Waals surface area contributed by atoms with Crippen molar-refractivity contribution >= 4 is 28.6 Å². The van der Waals surface area contributed by atoms with E-state index in [1.54, 1.807) is 25.3 Å². The number of nitrogens with zero attached hydrogens (tertiary/aromatic N) is 1. The molecule has 1 unspecified atom stereocenters. The maximum Gasteiger partial charge on any atom is 0.373 e. The molecule has 1 atom stereocenters. The summed E-state index contributed by atoms with van der Waals surface area (Å²) in [6.45, 7) is 6.79. The zero-order valence-electron chi connectivity index (χ0n) is 20.4. The number of unbranched alkanes of at least 4 members (excludes halogenated alkanes) is 1. The molecule has 0 saturated heterocycles. The van der Waals surface area contributed by atoms with E-state index in [0.29, 0.717) is 35.1 Å². The molecule has 9 nitrogen and oxygen atoms in total. The molecule has 1 amide bonds. The van der Waals surface area contributed by atoms with Gasteiger partial charge in [-0.2, -0.15) is 9.59 Å². The highest BCUT2D eigenvalue weighted by Crippen LogP contribution is 2.30. The zero-order chi connectivity index (χ0) is 25.8. The second-order valence-corrected chi connectivity index (χ2v) is 7.84. The SMILES string of the molecule is CCCCOc1ccc(C(=O)NC(C)COc2cccc3nc(C)cc(N)c23)cc1OC.O=C=O. The van der Waals surface area contributed by atoms with Crippen molar-refractivity contribution in [3.8, 4) is 17.2 Å². The van der Waals surface area contributed by atoms with Crippen molar-refractivity contribution in [2.75, 3.05) is 26.1 Å². The smallest absolute Gasteiger partial charge is 0.373 e. The number of aromatic nitrogens is 1. The highest BCUT2D eigenvalue weighted by atomic mass is 16.5. The Labute approximate surface area is 204 Å². The quantitative estimate of drug-likeness (QED) is 0.417. The molecule has 0 saturated carbocycles. The van der Waals surface area contributed by atoms with Crippen molar-refractivity contribution in [3.63, 3.8) is 0 Å². The van der Waals surface area contributed by atoms with Gasteiger partial charge in [0.15, 0.2) is 11.5 Å². The summed E-state index contributed by atoms with van der Waals surface area (Å²) in [5.74, 6) is 1.59. The van der Waals surface area contributed by atoms with E-state index < -0.39 is 0 Å². The van der Waals surface area contributed by atoms with Gasteiger partial charge in [0.1, 0.15) is 12.4 Å². The Morgan fingerprint density at radius 2 is 1.86 bits per heavy atom. The van der Waals surface area contributed by atoms with Crippen LogP contribution in [0.25, 0.3) is 10.9 Å². The fraction of sp³-hybridized carbons (Fsp3) is 0.346. The number of anilines is 1. The number of hydrogen-bond acceptors (Lipinski definition) is 8. The van der Waals surface area contributed by atoms with Gasteiger partial charge in [0.05, 0.1) is 30.7 Å². The van der Waals surface area contributed by atoms with Crippen molar-refractivity contribution in [3.05, 3.63) is 53.7 Å². The van der Waals surface area contributed by atoms with Crippen molar-refractivity contribution in [2.24, 2.45) is 0 Å². The van der Waals surface area contributed by atoms with Crippen LogP contribution in [-0.4, -0.2) is 43.4 Å². The van der Waals surface area contributed by atoms with E-state index in [0.717, 1.165) is 29.4 Å². The normalized spacial score (nSPS) is 11.0. The van der Waals surface area contributed by atoms with E-state index in [-0.39, 0.29) is 24.7 Å². The van der Waals surface area contributed by atoms with Gasteiger partial charge in [-0.25, -0.2) is 0 Å². The number of rotatable bonds is 10. The molecular weight excluding hydrogens is 450 g/mol. The Morgan fingerprint density at radius 3 is 2.54 bits per heavy atom. The molecule has 0 fully saturated rings. The summed E-state index contributed by atoms with van der Waals surface area (Å²) in [4.78, 5) is 33.5. The van der Waals surface area contributed by atoms with Crippen molar-refractivity contribution in [1.29, 1.82) is 0 Å². The predicted molar refractivity (Wildman–Crippen MR) is 132 cm³/mol. The first-order valence-electron chi connectivity index (χ1n) is 11.2. The van der Waals surface area contributed by atoms with Gasteiger partial charge in [0, 0.05) is 16.9 Å². The summed E-state index contributed by atoms with van der Waals surface area (Å²) in [7, 11) is 1.56. The number of benzene rings is 2. The maximum absolute atomic E-state index is 12.7. The lowest BCUT2D eigenvalue weighted by atomic mass is 10.1. The number of carbonyl (C=O) groups is 1. The van der Waals surface area contributed by atoms with Crippen LogP contribution in [0.15, 0.2) is 42.5 Å². The van der Waals surface area contributed by atoms with Gasteiger partial charge >= 0.3 is 6.15 Å². The number of pyridine rings is 1. The van der Waals surface area contributed by atoms with Crippen LogP contribution in [0, 0.1) is 6.92 Å². The Hall–Kier alpha value is -4.10. The van der Waals surface area contributed by atoms with E-state index in [2.05, 4.69) is 17.2 Å². The highest BCUT2D eigenvalue weighted by Gasteiger charge is 2.15. The number of nitrogen functional groups attached to an aromatic ring is 1. The average Bonchev–Trinajstić information content (AvgIpc) is 2.83. The Balaban J connectivity index is 0.00000137. The van der Waals surface area contributed by atoms with Crippen LogP contribution in [0.2, 0.25) is 0 Å². The van der Waals surface area contributed by atoms with Crippen LogP contribution in [-0.2, 0) is 9.59 Å². The molecule has 186 valence electrons. The fourth-order valence-corrected chi connectivity index (χ4v) is 3.36. The average molecular weight is 482 g/mol. The number of fused-ring (bicyclic) bond motifs is 1.